The van der Waals surface area contributed by atoms with Crippen molar-refractivity contribution in [3.05, 3.63) is 59.9 Å². The van der Waals surface area contributed by atoms with Crippen LogP contribution in [-0.4, -0.2) is 9.42 Å². The van der Waals surface area contributed by atoms with Gasteiger partial charge in [0.25, 0.3) is 0 Å². The van der Waals surface area contributed by atoms with Crippen LogP contribution in [-0.2, 0) is 24.2 Å². The van der Waals surface area contributed by atoms with Crippen LogP contribution in [0.2, 0.25) is 0 Å². The molecule has 100 valence electrons. The zero-order chi connectivity index (χ0) is 12.5. The molecule has 3 aliphatic rings. The van der Waals surface area contributed by atoms with Crippen molar-refractivity contribution >= 4 is 9.42 Å². The number of nitrogens with zero attached hydrogens (tertiary/aromatic N) is 1. The summed E-state index contributed by atoms with van der Waals surface area (Å²) in [6, 6.07) is 0. The third-order valence-corrected chi connectivity index (χ3v) is 1.88. The van der Waals surface area contributed by atoms with E-state index in [0.717, 1.165) is 12.1 Å². The van der Waals surface area contributed by atoms with Gasteiger partial charge in [-0.2, -0.15) is 6.08 Å². The molecule has 0 saturated carbocycles. The van der Waals surface area contributed by atoms with E-state index in [1.807, 2.05) is 36.6 Å². The normalized spacial score (nSPS) is 14.9. The molecule has 0 amide bonds. The van der Waals surface area contributed by atoms with Crippen molar-refractivity contribution in [2.24, 2.45) is 4.99 Å². The molecule has 0 spiro atoms. The van der Waals surface area contributed by atoms with Crippen molar-refractivity contribution in [1.82, 2.24) is 0 Å². The fourth-order valence-electron chi connectivity index (χ4n) is 1.22. The molecule has 0 atom stereocenters. The van der Waals surface area contributed by atoms with Crippen LogP contribution in [0, 0.1) is 6.08 Å². The van der Waals surface area contributed by atoms with Crippen LogP contribution in [0.3, 0.4) is 0 Å². The van der Waals surface area contributed by atoms with E-state index in [1.165, 1.54) is 8.78 Å². The molecule has 0 bridgehead atoms. The summed E-state index contributed by atoms with van der Waals surface area (Å²) in [5.74, 6) is 0. The van der Waals surface area contributed by atoms with Gasteiger partial charge in [-0.3, -0.25) is 11.1 Å². The standard InChI is InChI=1S/C7H5N.C5H5.C3H6.2ClH.Zr/c1-2-6-4-5-8-7(6)3-1;1-2-4-5-3-1;1-3-2;;;/h1-5H;1-3H,4H2;1-2H3;2*1H;/q;-1;;;;+2/p-2. The predicted octanol–water partition coefficient (Wildman–Crippen LogP) is -2.49. The second-order valence-electron chi connectivity index (χ2n) is 3.81. The van der Waals surface area contributed by atoms with Gasteiger partial charge in [0.15, 0.2) is 0 Å². The van der Waals surface area contributed by atoms with Gasteiger partial charge in [0, 0.05) is 11.8 Å². The van der Waals surface area contributed by atoms with Crippen molar-refractivity contribution in [1.29, 1.82) is 0 Å². The van der Waals surface area contributed by atoms with Gasteiger partial charge in [-0.25, -0.2) is 12.2 Å². The molecule has 1 aliphatic heterocycles. The first-order chi connectivity index (χ1) is 8.20. The minimum Gasteiger partial charge on any atom is -1.00 e. The van der Waals surface area contributed by atoms with Crippen molar-refractivity contribution in [2.75, 3.05) is 0 Å². The Morgan fingerprint density at radius 3 is 2.32 bits per heavy atom. The molecule has 1 heterocycles. The summed E-state index contributed by atoms with van der Waals surface area (Å²) < 4.78 is 1.51. The Kier molecular flexibility index (Phi) is 14.1. The molecule has 0 aromatic carbocycles. The van der Waals surface area contributed by atoms with Gasteiger partial charge < -0.3 is 24.8 Å². The summed E-state index contributed by atoms with van der Waals surface area (Å²) in [5.41, 5.74) is 2.34. The van der Waals surface area contributed by atoms with Gasteiger partial charge >= 0.3 is 41.3 Å². The van der Waals surface area contributed by atoms with Crippen LogP contribution < -0.4 is 24.8 Å². The summed E-state index contributed by atoms with van der Waals surface area (Å²) in [6.45, 7) is 4.25. The maximum Gasteiger partial charge on any atom is -0.109 e. The molecule has 4 heteroatoms. The summed E-state index contributed by atoms with van der Waals surface area (Å²) >= 11 is 1.55. The van der Waals surface area contributed by atoms with Crippen molar-refractivity contribution in [3.8, 4) is 0 Å². The van der Waals surface area contributed by atoms with E-state index < -0.39 is 0 Å². The summed E-state index contributed by atoms with van der Waals surface area (Å²) in [7, 11) is 0. The van der Waals surface area contributed by atoms with Gasteiger partial charge in [-0.05, 0) is 12.2 Å². The summed E-state index contributed by atoms with van der Waals surface area (Å²) in [4.78, 5) is 4.08. The molecule has 0 N–H and O–H groups in total. The average Bonchev–Trinajstić information content (AvgIpc) is 2.97. The number of hydrogen-bond donors (Lipinski definition) is 0. The zero-order valence-corrected chi connectivity index (χ0v) is 15.0. The van der Waals surface area contributed by atoms with Gasteiger partial charge in [-0.15, -0.1) is 6.42 Å². The smallest absolute Gasteiger partial charge is 0.109 e. The first-order valence-corrected chi connectivity index (χ1v) is 6.79. The number of fused-ring (bicyclic) bond motifs is 1. The van der Waals surface area contributed by atoms with Crippen LogP contribution in [0.15, 0.2) is 58.8 Å². The molecule has 0 fully saturated rings. The van der Waals surface area contributed by atoms with Crippen molar-refractivity contribution < 1.29 is 49.0 Å². The van der Waals surface area contributed by atoms with Gasteiger partial charge in [-0.1, -0.05) is 12.2 Å². The fraction of sp³-hybridized carbons (Fsp3) is 0.200. The Balaban J connectivity index is 0. The maximum atomic E-state index is 4.08. The first-order valence-electron chi connectivity index (χ1n) is 5.56. The first kappa shape index (κ1) is 21.0. The van der Waals surface area contributed by atoms with E-state index in [0.29, 0.717) is 0 Å². The predicted molar refractivity (Wildman–Crippen MR) is 71.7 cm³/mol. The quantitative estimate of drug-likeness (QED) is 0.418. The van der Waals surface area contributed by atoms with E-state index in [-0.39, 0.29) is 24.8 Å². The molecule has 3 rings (SSSR count). The Labute approximate surface area is 143 Å². The minimum atomic E-state index is 0. The van der Waals surface area contributed by atoms with E-state index in [2.05, 4.69) is 37.1 Å². The van der Waals surface area contributed by atoms with E-state index >= 15 is 0 Å². The molecule has 2 aliphatic carbocycles. The van der Waals surface area contributed by atoms with Gasteiger partial charge in [0.05, 0.1) is 5.70 Å². The average molecular weight is 372 g/mol. The van der Waals surface area contributed by atoms with Crippen LogP contribution in [0.5, 0.6) is 0 Å². The molecule has 19 heavy (non-hydrogen) atoms. The molecule has 0 saturated heterocycles. The molecule has 0 radical (unpaired) electrons. The SMILES string of the molecule is C1=CC2=CC=NC2=C1.C[C](C)=[Zr+2].[C-]1=CC=CC1.[Cl-].[Cl-]. The van der Waals surface area contributed by atoms with E-state index in [1.54, 1.807) is 24.2 Å². The summed E-state index contributed by atoms with van der Waals surface area (Å²) in [6.07, 6.45) is 19.9. The van der Waals surface area contributed by atoms with Crippen LogP contribution in [0.25, 0.3) is 0 Å². The Morgan fingerprint density at radius 1 is 1.21 bits per heavy atom. The van der Waals surface area contributed by atoms with Crippen LogP contribution in [0.1, 0.15) is 20.3 Å². The van der Waals surface area contributed by atoms with E-state index in [4.69, 9.17) is 0 Å². The number of rotatable bonds is 0. The Morgan fingerprint density at radius 2 is 1.89 bits per heavy atom. The third kappa shape index (κ3) is 10.2. The molecule has 0 aromatic rings. The molecule has 0 aromatic heterocycles. The van der Waals surface area contributed by atoms with Crippen LogP contribution >= 0.6 is 0 Å². The largest absolute Gasteiger partial charge is 1.00 e. The number of hydrogen-bond acceptors (Lipinski definition) is 1. The molecule has 0 unspecified atom stereocenters. The monoisotopic (exact) mass is 370 g/mol. The van der Waals surface area contributed by atoms with Crippen LogP contribution in [0.4, 0.5) is 0 Å². The fourth-order valence-corrected chi connectivity index (χ4v) is 1.22. The molecular formula is C15H16Cl2NZr-. The second kappa shape index (κ2) is 12.7. The number of aliphatic imine (C=N–C) groups is 1. The number of allylic oxidation sites excluding steroid dienone is 8. The topological polar surface area (TPSA) is 12.4 Å². The van der Waals surface area contributed by atoms with E-state index in [9.17, 15) is 0 Å². The van der Waals surface area contributed by atoms with Gasteiger partial charge in [0.1, 0.15) is 0 Å². The molecular weight excluding hydrogens is 356 g/mol. The summed E-state index contributed by atoms with van der Waals surface area (Å²) in [5, 5.41) is 0. The third-order valence-electron chi connectivity index (χ3n) is 1.88. The minimum absolute atomic E-state index is 0. The Bertz CT molecular complexity index is 415. The zero-order valence-electron chi connectivity index (χ0n) is 11.0. The van der Waals surface area contributed by atoms with Gasteiger partial charge in [0.2, 0.25) is 0 Å². The van der Waals surface area contributed by atoms with Crippen molar-refractivity contribution in [2.45, 2.75) is 20.3 Å². The maximum absolute atomic E-state index is 4.08. The number of halogens is 2. The Hall–Kier alpha value is -0.297. The second-order valence-corrected chi connectivity index (χ2v) is 6.27. The molecule has 1 nitrogen and oxygen atoms in total. The van der Waals surface area contributed by atoms with Crippen molar-refractivity contribution in [3.63, 3.8) is 0 Å².